The summed E-state index contributed by atoms with van der Waals surface area (Å²) in [5, 5.41) is 0. The first-order valence-electron chi connectivity index (χ1n) is 12.8. The van der Waals surface area contributed by atoms with Crippen LogP contribution in [0.2, 0.25) is 0 Å². The van der Waals surface area contributed by atoms with Crippen molar-refractivity contribution in [1.82, 2.24) is 4.90 Å². The van der Waals surface area contributed by atoms with Crippen LogP contribution in [0, 0.1) is 5.92 Å². The van der Waals surface area contributed by atoms with E-state index in [4.69, 9.17) is 4.74 Å². The fraction of sp³-hybridized carbons (Fsp3) is 0.387. The van der Waals surface area contributed by atoms with Crippen molar-refractivity contribution in [2.24, 2.45) is 5.92 Å². The molecule has 3 heteroatoms. The molecule has 3 nitrogen and oxygen atoms in total. The number of rotatable bonds is 10. The van der Waals surface area contributed by atoms with E-state index >= 15 is 0 Å². The Balaban J connectivity index is 1.54. The van der Waals surface area contributed by atoms with Crippen LogP contribution in [0.4, 0.5) is 0 Å². The normalized spacial score (nSPS) is 14.2. The SMILES string of the molecule is CCOc1ccc(CN(CCC(c2ccccc2)c2ccccc2)C(=O)C2CCCCC2)cc1. The average Bonchev–Trinajstić information content (AvgIpc) is 2.90. The molecular formula is C31H37NO2. The summed E-state index contributed by atoms with van der Waals surface area (Å²) in [6, 6.07) is 29.6. The van der Waals surface area contributed by atoms with E-state index in [9.17, 15) is 4.79 Å². The third kappa shape index (κ3) is 6.50. The molecule has 1 aliphatic carbocycles. The molecule has 4 rings (SSSR count). The summed E-state index contributed by atoms with van der Waals surface area (Å²) in [6.07, 6.45) is 6.56. The molecule has 1 saturated carbocycles. The molecular weight excluding hydrogens is 418 g/mol. The Morgan fingerprint density at radius 1 is 0.853 bits per heavy atom. The third-order valence-corrected chi connectivity index (χ3v) is 6.97. The van der Waals surface area contributed by atoms with E-state index in [2.05, 4.69) is 77.7 Å². The summed E-state index contributed by atoms with van der Waals surface area (Å²) in [5.41, 5.74) is 3.77. The molecule has 0 aliphatic heterocycles. The van der Waals surface area contributed by atoms with Crippen LogP contribution in [0.15, 0.2) is 84.9 Å². The van der Waals surface area contributed by atoms with Crippen molar-refractivity contribution in [3.8, 4) is 5.75 Å². The smallest absolute Gasteiger partial charge is 0.225 e. The number of benzene rings is 3. The molecule has 34 heavy (non-hydrogen) atoms. The molecule has 0 heterocycles. The number of carbonyl (C=O) groups excluding carboxylic acids is 1. The molecule has 1 fully saturated rings. The molecule has 0 spiro atoms. The standard InChI is InChI=1S/C31H37NO2/c1-2-34-29-20-18-25(19-21-29)24-32(31(33)28-16-10-5-11-17-28)23-22-30(26-12-6-3-7-13-26)27-14-8-4-9-15-27/h3-4,6-9,12-15,18-21,28,30H,2,5,10-11,16-17,22-24H2,1H3. The highest BCUT2D eigenvalue weighted by Crippen LogP contribution is 2.30. The van der Waals surface area contributed by atoms with Gasteiger partial charge in [0.05, 0.1) is 6.61 Å². The quantitative estimate of drug-likeness (QED) is 0.323. The van der Waals surface area contributed by atoms with Gasteiger partial charge in [-0.15, -0.1) is 0 Å². The van der Waals surface area contributed by atoms with Gasteiger partial charge in [0, 0.05) is 24.9 Å². The van der Waals surface area contributed by atoms with Crippen molar-refractivity contribution in [2.75, 3.05) is 13.2 Å². The van der Waals surface area contributed by atoms with Crippen LogP contribution < -0.4 is 4.74 Å². The topological polar surface area (TPSA) is 29.5 Å². The molecule has 0 bridgehead atoms. The van der Waals surface area contributed by atoms with Crippen LogP contribution in [0.1, 0.15) is 68.1 Å². The van der Waals surface area contributed by atoms with Gasteiger partial charge in [0.25, 0.3) is 0 Å². The number of ether oxygens (including phenoxy) is 1. The van der Waals surface area contributed by atoms with E-state index in [0.717, 1.165) is 37.1 Å². The number of hydrogen-bond donors (Lipinski definition) is 0. The van der Waals surface area contributed by atoms with E-state index < -0.39 is 0 Å². The van der Waals surface area contributed by atoms with Crippen LogP contribution >= 0.6 is 0 Å². The van der Waals surface area contributed by atoms with Crippen LogP contribution in [0.5, 0.6) is 5.75 Å². The maximum Gasteiger partial charge on any atom is 0.225 e. The van der Waals surface area contributed by atoms with Gasteiger partial charge >= 0.3 is 0 Å². The lowest BCUT2D eigenvalue weighted by molar-refractivity contribution is -0.137. The summed E-state index contributed by atoms with van der Waals surface area (Å²) in [5.74, 6) is 1.64. The minimum absolute atomic E-state index is 0.170. The van der Waals surface area contributed by atoms with Gasteiger partial charge in [0.2, 0.25) is 5.91 Å². The second-order valence-corrected chi connectivity index (χ2v) is 9.33. The summed E-state index contributed by atoms with van der Waals surface area (Å²) in [6.45, 7) is 4.05. The third-order valence-electron chi connectivity index (χ3n) is 6.97. The van der Waals surface area contributed by atoms with E-state index in [1.165, 1.54) is 30.4 Å². The molecule has 0 saturated heterocycles. The van der Waals surface area contributed by atoms with Gasteiger partial charge < -0.3 is 9.64 Å². The lowest BCUT2D eigenvalue weighted by atomic mass is 9.86. The molecule has 0 unspecified atom stereocenters. The predicted octanol–water partition coefficient (Wildman–Crippen LogP) is 7.22. The van der Waals surface area contributed by atoms with Crippen molar-refractivity contribution in [2.45, 2.75) is 57.9 Å². The Morgan fingerprint density at radius 3 is 2.00 bits per heavy atom. The number of nitrogens with zero attached hydrogens (tertiary/aromatic N) is 1. The second-order valence-electron chi connectivity index (χ2n) is 9.33. The monoisotopic (exact) mass is 455 g/mol. The van der Waals surface area contributed by atoms with Crippen molar-refractivity contribution < 1.29 is 9.53 Å². The van der Waals surface area contributed by atoms with E-state index in [1.807, 2.05) is 19.1 Å². The molecule has 0 aromatic heterocycles. The van der Waals surface area contributed by atoms with Crippen molar-refractivity contribution >= 4 is 5.91 Å². The molecule has 1 aliphatic rings. The zero-order valence-corrected chi connectivity index (χ0v) is 20.4. The first-order chi connectivity index (χ1) is 16.7. The molecule has 0 N–H and O–H groups in total. The van der Waals surface area contributed by atoms with Gasteiger partial charge in [-0.3, -0.25) is 4.79 Å². The summed E-state index contributed by atoms with van der Waals surface area (Å²) in [7, 11) is 0. The zero-order chi connectivity index (χ0) is 23.6. The highest BCUT2D eigenvalue weighted by atomic mass is 16.5. The Kier molecular flexibility index (Phi) is 8.78. The maximum absolute atomic E-state index is 13.7. The van der Waals surface area contributed by atoms with Gasteiger partial charge in [0.1, 0.15) is 5.75 Å². The lowest BCUT2D eigenvalue weighted by Crippen LogP contribution is -2.37. The van der Waals surface area contributed by atoms with E-state index in [-0.39, 0.29) is 11.8 Å². The van der Waals surface area contributed by atoms with Crippen LogP contribution in [0.25, 0.3) is 0 Å². The minimum Gasteiger partial charge on any atom is -0.494 e. The number of amides is 1. The fourth-order valence-corrected chi connectivity index (χ4v) is 5.13. The molecule has 3 aromatic carbocycles. The number of hydrogen-bond acceptors (Lipinski definition) is 2. The zero-order valence-electron chi connectivity index (χ0n) is 20.4. The molecule has 3 aromatic rings. The second kappa shape index (κ2) is 12.4. The van der Waals surface area contributed by atoms with Gasteiger partial charge in [0.15, 0.2) is 0 Å². The summed E-state index contributed by atoms with van der Waals surface area (Å²) >= 11 is 0. The summed E-state index contributed by atoms with van der Waals surface area (Å²) in [4.78, 5) is 15.8. The largest absolute Gasteiger partial charge is 0.494 e. The predicted molar refractivity (Wildman–Crippen MR) is 139 cm³/mol. The lowest BCUT2D eigenvalue weighted by Gasteiger charge is -2.31. The Hall–Kier alpha value is -3.07. The van der Waals surface area contributed by atoms with Crippen LogP contribution in [0.3, 0.4) is 0 Å². The van der Waals surface area contributed by atoms with Gasteiger partial charge in [-0.25, -0.2) is 0 Å². The molecule has 178 valence electrons. The van der Waals surface area contributed by atoms with Crippen molar-refractivity contribution in [3.63, 3.8) is 0 Å². The van der Waals surface area contributed by atoms with E-state index in [1.54, 1.807) is 0 Å². The number of carbonyl (C=O) groups is 1. The molecule has 0 atom stereocenters. The highest BCUT2D eigenvalue weighted by Gasteiger charge is 2.27. The summed E-state index contributed by atoms with van der Waals surface area (Å²) < 4.78 is 5.60. The van der Waals surface area contributed by atoms with Gasteiger partial charge in [-0.1, -0.05) is 92.1 Å². The van der Waals surface area contributed by atoms with Gasteiger partial charge in [-0.2, -0.15) is 0 Å². The Labute approximate surface area is 204 Å². The van der Waals surface area contributed by atoms with Crippen LogP contribution in [-0.2, 0) is 11.3 Å². The minimum atomic E-state index is 0.170. The maximum atomic E-state index is 13.7. The first kappa shape index (κ1) is 24.1. The Morgan fingerprint density at radius 2 is 1.44 bits per heavy atom. The van der Waals surface area contributed by atoms with Crippen molar-refractivity contribution in [3.05, 3.63) is 102 Å². The van der Waals surface area contributed by atoms with Gasteiger partial charge in [-0.05, 0) is 55.0 Å². The highest BCUT2D eigenvalue weighted by molar-refractivity contribution is 5.79. The first-order valence-corrected chi connectivity index (χ1v) is 12.8. The van der Waals surface area contributed by atoms with E-state index in [0.29, 0.717) is 19.1 Å². The average molecular weight is 456 g/mol. The van der Waals surface area contributed by atoms with Crippen molar-refractivity contribution in [1.29, 1.82) is 0 Å². The van der Waals surface area contributed by atoms with Crippen LogP contribution in [-0.4, -0.2) is 24.0 Å². The molecule has 0 radical (unpaired) electrons. The molecule has 1 amide bonds. The fourth-order valence-electron chi connectivity index (χ4n) is 5.13. The Bertz CT molecular complexity index is 955.